The monoisotopic (exact) mass is 291 g/mol. The number of hydrogen-bond acceptors (Lipinski definition) is 4. The molecule has 1 aromatic heterocycles. The predicted octanol–water partition coefficient (Wildman–Crippen LogP) is 3.49. The third-order valence-corrected chi connectivity index (χ3v) is 3.20. The van der Waals surface area contributed by atoms with Gasteiger partial charge < -0.3 is 10.3 Å². The lowest BCUT2D eigenvalue weighted by molar-refractivity contribution is 0.313. The summed E-state index contributed by atoms with van der Waals surface area (Å²) in [6.45, 7) is 8.15. The Balaban J connectivity index is 2.09. The van der Waals surface area contributed by atoms with Crippen molar-refractivity contribution in [3.05, 3.63) is 35.5 Å². The summed E-state index contributed by atoms with van der Waals surface area (Å²) in [7, 11) is 0. The fraction of sp³-hybridized carbons (Fsp3) is 0.500. The molecule has 0 radical (unpaired) electrons. The largest absolute Gasteiger partial charge is 0.339 e. The quantitative estimate of drug-likeness (QED) is 0.936. The highest BCUT2D eigenvalue weighted by Gasteiger charge is 2.19. The van der Waals surface area contributed by atoms with E-state index in [0.29, 0.717) is 23.7 Å². The lowest BCUT2D eigenvalue weighted by Crippen LogP contribution is -2.28. The van der Waals surface area contributed by atoms with Gasteiger partial charge in [-0.15, -0.1) is 0 Å². The maximum atomic E-state index is 13.3. The van der Waals surface area contributed by atoms with Gasteiger partial charge in [-0.2, -0.15) is 4.98 Å². The zero-order valence-corrected chi connectivity index (χ0v) is 13.0. The SMILES string of the molecule is Cc1cc(-c2noc(CC(N)CC(C)(C)C)n2)ccc1F. The number of aryl methyl sites for hydroxylation is 1. The Labute approximate surface area is 124 Å². The molecule has 0 saturated carbocycles. The van der Waals surface area contributed by atoms with E-state index >= 15 is 0 Å². The molecule has 0 spiro atoms. The summed E-state index contributed by atoms with van der Waals surface area (Å²) in [6, 6.07) is 4.74. The van der Waals surface area contributed by atoms with Crippen LogP contribution in [-0.2, 0) is 6.42 Å². The zero-order chi connectivity index (χ0) is 15.6. The minimum absolute atomic E-state index is 0.0201. The van der Waals surface area contributed by atoms with Crippen LogP contribution in [0.5, 0.6) is 0 Å². The fourth-order valence-corrected chi connectivity index (χ4v) is 2.32. The molecule has 5 heteroatoms. The molecule has 2 aromatic rings. The Bertz CT molecular complexity index is 616. The fourth-order valence-electron chi connectivity index (χ4n) is 2.32. The Morgan fingerprint density at radius 3 is 2.67 bits per heavy atom. The molecule has 1 heterocycles. The second kappa shape index (κ2) is 5.93. The molecule has 21 heavy (non-hydrogen) atoms. The third kappa shape index (κ3) is 4.36. The van der Waals surface area contributed by atoms with Crippen molar-refractivity contribution in [1.29, 1.82) is 0 Å². The number of benzene rings is 1. The molecule has 1 unspecified atom stereocenters. The standard InChI is InChI=1S/C16H22FN3O/c1-10-7-11(5-6-13(10)17)15-19-14(21-20-15)8-12(18)9-16(2,3)4/h5-7,12H,8-9,18H2,1-4H3. The molecular weight excluding hydrogens is 269 g/mol. The second-order valence-corrected chi connectivity index (χ2v) is 6.70. The van der Waals surface area contributed by atoms with Crippen molar-refractivity contribution in [3.8, 4) is 11.4 Å². The van der Waals surface area contributed by atoms with Crippen molar-refractivity contribution in [1.82, 2.24) is 10.1 Å². The molecule has 114 valence electrons. The van der Waals surface area contributed by atoms with Gasteiger partial charge in [0.15, 0.2) is 0 Å². The average Bonchev–Trinajstić information content (AvgIpc) is 2.78. The topological polar surface area (TPSA) is 64.9 Å². The molecule has 1 atom stereocenters. The maximum absolute atomic E-state index is 13.3. The van der Waals surface area contributed by atoms with Gasteiger partial charge in [-0.3, -0.25) is 0 Å². The van der Waals surface area contributed by atoms with Crippen molar-refractivity contribution in [3.63, 3.8) is 0 Å². The summed E-state index contributed by atoms with van der Waals surface area (Å²) >= 11 is 0. The van der Waals surface area contributed by atoms with E-state index in [4.69, 9.17) is 10.3 Å². The summed E-state index contributed by atoms with van der Waals surface area (Å²) in [5.74, 6) is 0.745. The van der Waals surface area contributed by atoms with Gasteiger partial charge in [-0.1, -0.05) is 25.9 Å². The van der Waals surface area contributed by atoms with Crippen LogP contribution in [0.4, 0.5) is 4.39 Å². The van der Waals surface area contributed by atoms with Gasteiger partial charge in [-0.25, -0.2) is 4.39 Å². The van der Waals surface area contributed by atoms with Crippen LogP contribution in [-0.4, -0.2) is 16.2 Å². The highest BCUT2D eigenvalue weighted by Crippen LogP contribution is 2.23. The molecule has 4 nitrogen and oxygen atoms in total. The molecule has 0 bridgehead atoms. The minimum Gasteiger partial charge on any atom is -0.339 e. The van der Waals surface area contributed by atoms with Crippen LogP contribution >= 0.6 is 0 Å². The van der Waals surface area contributed by atoms with Crippen molar-refractivity contribution >= 4 is 0 Å². The molecule has 0 aliphatic heterocycles. The molecule has 0 amide bonds. The number of halogens is 1. The van der Waals surface area contributed by atoms with Crippen LogP contribution in [0.15, 0.2) is 22.7 Å². The minimum atomic E-state index is -0.241. The molecule has 2 rings (SSSR count). The van der Waals surface area contributed by atoms with Gasteiger partial charge in [0, 0.05) is 18.0 Å². The maximum Gasteiger partial charge on any atom is 0.228 e. The Hall–Kier alpha value is -1.75. The van der Waals surface area contributed by atoms with E-state index < -0.39 is 0 Å². The number of rotatable bonds is 4. The highest BCUT2D eigenvalue weighted by atomic mass is 19.1. The molecule has 0 aliphatic carbocycles. The predicted molar refractivity (Wildman–Crippen MR) is 80.2 cm³/mol. The molecule has 1 aromatic carbocycles. The summed E-state index contributed by atoms with van der Waals surface area (Å²) < 4.78 is 18.5. The van der Waals surface area contributed by atoms with E-state index in [1.165, 1.54) is 6.07 Å². The molecule has 2 N–H and O–H groups in total. The number of hydrogen-bond donors (Lipinski definition) is 1. The van der Waals surface area contributed by atoms with Crippen LogP contribution in [0.1, 0.15) is 38.6 Å². The van der Waals surface area contributed by atoms with E-state index in [1.807, 2.05) is 0 Å². The smallest absolute Gasteiger partial charge is 0.228 e. The lowest BCUT2D eigenvalue weighted by Gasteiger charge is -2.21. The summed E-state index contributed by atoms with van der Waals surface area (Å²) in [5.41, 5.74) is 7.57. The summed E-state index contributed by atoms with van der Waals surface area (Å²) in [4.78, 5) is 4.34. The highest BCUT2D eigenvalue weighted by molar-refractivity contribution is 5.55. The second-order valence-electron chi connectivity index (χ2n) is 6.70. The first-order valence-electron chi connectivity index (χ1n) is 7.09. The van der Waals surface area contributed by atoms with Crippen molar-refractivity contribution < 1.29 is 8.91 Å². The third-order valence-electron chi connectivity index (χ3n) is 3.20. The average molecular weight is 291 g/mol. The van der Waals surface area contributed by atoms with Gasteiger partial charge in [0.25, 0.3) is 0 Å². The van der Waals surface area contributed by atoms with Gasteiger partial charge in [-0.05, 0) is 42.5 Å². The number of nitrogens with zero attached hydrogens (tertiary/aromatic N) is 2. The first-order valence-corrected chi connectivity index (χ1v) is 7.09. The van der Waals surface area contributed by atoms with Crippen LogP contribution in [0.25, 0.3) is 11.4 Å². The molecular formula is C16H22FN3O. The Morgan fingerprint density at radius 1 is 1.33 bits per heavy atom. The van der Waals surface area contributed by atoms with Gasteiger partial charge in [0.05, 0.1) is 0 Å². The first-order chi connectivity index (χ1) is 9.74. The van der Waals surface area contributed by atoms with Gasteiger partial charge in [0.1, 0.15) is 5.82 Å². The van der Waals surface area contributed by atoms with Crippen molar-refractivity contribution in [2.45, 2.75) is 46.6 Å². The van der Waals surface area contributed by atoms with E-state index in [-0.39, 0.29) is 17.3 Å². The summed E-state index contributed by atoms with van der Waals surface area (Å²) in [5, 5.41) is 3.94. The van der Waals surface area contributed by atoms with Crippen molar-refractivity contribution in [2.24, 2.45) is 11.1 Å². The van der Waals surface area contributed by atoms with E-state index in [0.717, 1.165) is 12.0 Å². The van der Waals surface area contributed by atoms with Crippen LogP contribution in [0.2, 0.25) is 0 Å². The van der Waals surface area contributed by atoms with Crippen LogP contribution < -0.4 is 5.73 Å². The van der Waals surface area contributed by atoms with Crippen molar-refractivity contribution in [2.75, 3.05) is 0 Å². The molecule has 0 aliphatic rings. The van der Waals surface area contributed by atoms with Crippen LogP contribution in [0, 0.1) is 18.2 Å². The van der Waals surface area contributed by atoms with E-state index in [9.17, 15) is 4.39 Å². The van der Waals surface area contributed by atoms with Gasteiger partial charge >= 0.3 is 0 Å². The zero-order valence-electron chi connectivity index (χ0n) is 13.0. The Kier molecular flexibility index (Phi) is 4.42. The Morgan fingerprint density at radius 2 is 2.05 bits per heavy atom. The van der Waals surface area contributed by atoms with E-state index in [2.05, 4.69) is 30.9 Å². The molecule has 0 fully saturated rings. The van der Waals surface area contributed by atoms with Crippen LogP contribution in [0.3, 0.4) is 0 Å². The normalized spacial score (nSPS) is 13.4. The summed E-state index contributed by atoms with van der Waals surface area (Å²) in [6.07, 6.45) is 1.42. The molecule has 0 saturated heterocycles. The number of nitrogens with two attached hydrogens (primary N) is 1. The lowest BCUT2D eigenvalue weighted by atomic mass is 9.87. The first kappa shape index (κ1) is 15.6. The van der Waals surface area contributed by atoms with E-state index in [1.54, 1.807) is 19.1 Å². The van der Waals surface area contributed by atoms with Gasteiger partial charge in [0.2, 0.25) is 11.7 Å². The number of aromatic nitrogens is 2.